The third kappa shape index (κ3) is 3.21. The van der Waals surface area contributed by atoms with Crippen LogP contribution in [-0.4, -0.2) is 52.4 Å². The number of nitrogens with zero attached hydrogens (tertiary/aromatic N) is 4. The molecule has 3 atom stereocenters. The van der Waals surface area contributed by atoms with Crippen LogP contribution in [0, 0.1) is 18.8 Å². The zero-order valence-electron chi connectivity index (χ0n) is 17.1. The Morgan fingerprint density at radius 3 is 2.67 bits per heavy atom. The predicted octanol–water partition coefficient (Wildman–Crippen LogP) is 3.88. The molecule has 2 aliphatic heterocycles. The molecule has 2 fully saturated rings. The van der Waals surface area contributed by atoms with E-state index in [0.29, 0.717) is 22.9 Å². The third-order valence-corrected chi connectivity index (χ3v) is 6.90. The molecular formula is C22H25F3N4O. The highest BCUT2D eigenvalue weighted by Gasteiger charge is 2.50. The van der Waals surface area contributed by atoms with Gasteiger partial charge in [-0.3, -0.25) is 0 Å². The van der Waals surface area contributed by atoms with Gasteiger partial charge < -0.3 is 14.9 Å². The first-order chi connectivity index (χ1) is 14.3. The smallest absolute Gasteiger partial charge is 0.416 e. The molecule has 8 heteroatoms. The molecule has 3 heterocycles. The van der Waals surface area contributed by atoms with Crippen molar-refractivity contribution in [3.63, 3.8) is 0 Å². The number of piperidine rings is 1. The first kappa shape index (κ1) is 19.6. The summed E-state index contributed by atoms with van der Waals surface area (Å²) in [5.74, 6) is 1.97. The maximum atomic E-state index is 13.0. The van der Waals surface area contributed by atoms with E-state index in [9.17, 15) is 18.3 Å². The van der Waals surface area contributed by atoms with Crippen molar-refractivity contribution in [2.45, 2.75) is 38.9 Å². The number of phenols is 1. The molecule has 5 rings (SSSR count). The predicted molar refractivity (Wildman–Crippen MR) is 107 cm³/mol. The van der Waals surface area contributed by atoms with Gasteiger partial charge in [0.05, 0.1) is 11.3 Å². The topological polar surface area (TPSA) is 52.5 Å². The fourth-order valence-electron chi connectivity index (χ4n) is 5.25. The molecule has 0 unspecified atom stereocenters. The molecule has 0 bridgehead atoms. The summed E-state index contributed by atoms with van der Waals surface area (Å²) >= 11 is 0. The van der Waals surface area contributed by atoms with E-state index in [1.54, 1.807) is 6.92 Å². The van der Waals surface area contributed by atoms with Gasteiger partial charge in [0.1, 0.15) is 5.75 Å². The van der Waals surface area contributed by atoms with E-state index >= 15 is 0 Å². The van der Waals surface area contributed by atoms with E-state index in [1.807, 2.05) is 6.07 Å². The van der Waals surface area contributed by atoms with Crippen LogP contribution in [0.2, 0.25) is 0 Å². The number of benzene rings is 1. The van der Waals surface area contributed by atoms with Crippen LogP contribution in [0.1, 0.15) is 30.0 Å². The second-order valence-electron chi connectivity index (χ2n) is 8.79. The van der Waals surface area contributed by atoms with Crippen LogP contribution in [0.4, 0.5) is 19.0 Å². The number of hydrogen-bond donors (Lipinski definition) is 1. The lowest BCUT2D eigenvalue weighted by Gasteiger charge is -2.37. The lowest BCUT2D eigenvalue weighted by molar-refractivity contribution is -0.137. The normalized spacial score (nSPS) is 25.9. The molecule has 0 amide bonds. The van der Waals surface area contributed by atoms with Crippen molar-refractivity contribution in [2.24, 2.45) is 11.8 Å². The number of aromatic hydroxyl groups is 1. The summed E-state index contributed by atoms with van der Waals surface area (Å²) in [4.78, 5) is 4.88. The van der Waals surface area contributed by atoms with E-state index in [2.05, 4.69) is 26.9 Å². The largest absolute Gasteiger partial charge is 0.507 e. The number of anilines is 1. The number of likely N-dealkylation sites (N-methyl/N-ethyl adjacent to an activating group) is 1. The molecule has 160 valence electrons. The highest BCUT2D eigenvalue weighted by Crippen LogP contribution is 2.49. The molecule has 0 radical (unpaired) electrons. The highest BCUT2D eigenvalue weighted by molar-refractivity contribution is 5.73. The summed E-state index contributed by atoms with van der Waals surface area (Å²) in [7, 11) is 0. The number of phenolic OH excluding ortho intramolecular Hbond substituents is 1. The van der Waals surface area contributed by atoms with Crippen LogP contribution < -0.4 is 4.90 Å². The molecule has 30 heavy (non-hydrogen) atoms. The van der Waals surface area contributed by atoms with Crippen LogP contribution in [-0.2, 0) is 12.6 Å². The monoisotopic (exact) mass is 418 g/mol. The summed E-state index contributed by atoms with van der Waals surface area (Å²) in [5.41, 5.74) is 1.25. The minimum atomic E-state index is -4.50. The molecule has 1 aromatic carbocycles. The Labute approximate surface area is 173 Å². The van der Waals surface area contributed by atoms with E-state index in [-0.39, 0.29) is 0 Å². The molecule has 1 N–H and O–H groups in total. The summed E-state index contributed by atoms with van der Waals surface area (Å²) in [6.07, 6.45) is -2.40. The Kier molecular flexibility index (Phi) is 4.47. The molecule has 5 nitrogen and oxygen atoms in total. The molecule has 1 aliphatic carbocycles. The number of rotatable bonds is 3. The SMILES string of the molecule is CCN1C[C@H]2C[C@H]2[C@@H](N2CCc3cc(-c4c(C)cc(C(F)(F)F)cc4O)nnc32)C1. The summed E-state index contributed by atoms with van der Waals surface area (Å²) < 4.78 is 39.1. The average molecular weight is 418 g/mol. The third-order valence-electron chi connectivity index (χ3n) is 6.90. The van der Waals surface area contributed by atoms with Gasteiger partial charge in [-0.2, -0.15) is 13.2 Å². The van der Waals surface area contributed by atoms with Gasteiger partial charge in [0.2, 0.25) is 0 Å². The van der Waals surface area contributed by atoms with Crippen LogP contribution in [0.3, 0.4) is 0 Å². The van der Waals surface area contributed by atoms with Crippen LogP contribution in [0.15, 0.2) is 18.2 Å². The molecule has 1 saturated carbocycles. The Hall–Kier alpha value is -2.35. The minimum absolute atomic E-state index is 0.314. The highest BCUT2D eigenvalue weighted by atomic mass is 19.4. The Bertz CT molecular complexity index is 970. The Balaban J connectivity index is 1.45. The van der Waals surface area contributed by atoms with Crippen molar-refractivity contribution < 1.29 is 18.3 Å². The average Bonchev–Trinajstić information content (AvgIpc) is 3.36. The van der Waals surface area contributed by atoms with Crippen molar-refractivity contribution in [2.75, 3.05) is 31.1 Å². The van der Waals surface area contributed by atoms with Gasteiger partial charge in [-0.1, -0.05) is 6.92 Å². The van der Waals surface area contributed by atoms with Gasteiger partial charge in [0.15, 0.2) is 5.82 Å². The molecule has 3 aliphatic rings. The fourth-order valence-corrected chi connectivity index (χ4v) is 5.25. The number of alkyl halides is 3. The zero-order chi connectivity index (χ0) is 21.2. The van der Waals surface area contributed by atoms with Crippen molar-refractivity contribution in [3.8, 4) is 17.0 Å². The number of hydrogen-bond acceptors (Lipinski definition) is 5. The Morgan fingerprint density at radius 1 is 1.17 bits per heavy atom. The first-order valence-corrected chi connectivity index (χ1v) is 10.5. The van der Waals surface area contributed by atoms with E-state index < -0.39 is 17.5 Å². The van der Waals surface area contributed by atoms with Crippen molar-refractivity contribution in [1.82, 2.24) is 15.1 Å². The van der Waals surface area contributed by atoms with Gasteiger partial charge in [-0.25, -0.2) is 0 Å². The van der Waals surface area contributed by atoms with Crippen LogP contribution >= 0.6 is 0 Å². The lowest BCUT2D eigenvalue weighted by atomic mass is 9.99. The quantitative estimate of drug-likeness (QED) is 0.820. The van der Waals surface area contributed by atoms with Crippen molar-refractivity contribution in [1.29, 1.82) is 0 Å². The molecular weight excluding hydrogens is 393 g/mol. The van der Waals surface area contributed by atoms with Crippen molar-refractivity contribution in [3.05, 3.63) is 34.9 Å². The fraction of sp³-hybridized carbons (Fsp3) is 0.545. The Morgan fingerprint density at radius 2 is 1.97 bits per heavy atom. The van der Waals surface area contributed by atoms with Crippen molar-refractivity contribution >= 4 is 5.82 Å². The molecule has 2 aromatic rings. The second-order valence-corrected chi connectivity index (χ2v) is 8.79. The first-order valence-electron chi connectivity index (χ1n) is 10.5. The maximum Gasteiger partial charge on any atom is 0.416 e. The number of aromatic nitrogens is 2. The lowest BCUT2D eigenvalue weighted by Crippen LogP contribution is -2.49. The number of aryl methyl sites for hydroxylation is 1. The standard InChI is InChI=1S/C22H25F3N4O/c1-3-28-10-14-7-16(14)18(11-28)29-5-4-13-8-17(26-27-21(13)29)20-12(2)6-15(9-19(20)30)22(23,24)25/h6,8-9,14,16,18,30H,3-5,7,10-11H2,1-2H3/t14-,16-,18+/m1/s1. The maximum absolute atomic E-state index is 13.0. The number of fused-ring (bicyclic) bond motifs is 2. The molecule has 0 spiro atoms. The number of halogens is 3. The van der Waals surface area contributed by atoms with Gasteiger partial charge in [-0.15, -0.1) is 10.2 Å². The van der Waals surface area contributed by atoms with E-state index in [0.717, 1.165) is 61.4 Å². The van der Waals surface area contributed by atoms with Gasteiger partial charge in [-0.05, 0) is 61.9 Å². The second kappa shape index (κ2) is 6.83. The van der Waals surface area contributed by atoms with Gasteiger partial charge >= 0.3 is 6.18 Å². The van der Waals surface area contributed by atoms with Crippen LogP contribution in [0.5, 0.6) is 5.75 Å². The van der Waals surface area contributed by atoms with Gasteiger partial charge in [0, 0.05) is 36.8 Å². The molecule has 1 aromatic heterocycles. The molecule has 1 saturated heterocycles. The summed E-state index contributed by atoms with van der Waals surface area (Å²) in [5, 5.41) is 19.1. The minimum Gasteiger partial charge on any atom is -0.507 e. The summed E-state index contributed by atoms with van der Waals surface area (Å²) in [6.45, 7) is 7.92. The van der Waals surface area contributed by atoms with Crippen LogP contribution in [0.25, 0.3) is 11.3 Å². The van der Waals surface area contributed by atoms with E-state index in [1.165, 1.54) is 13.0 Å². The zero-order valence-corrected chi connectivity index (χ0v) is 17.1. The summed E-state index contributed by atoms with van der Waals surface area (Å²) in [6, 6.07) is 4.14. The number of likely N-dealkylation sites (tertiary alicyclic amines) is 1. The van der Waals surface area contributed by atoms with Gasteiger partial charge in [0.25, 0.3) is 0 Å². The van der Waals surface area contributed by atoms with E-state index in [4.69, 9.17) is 0 Å².